The molecule has 4 heteroatoms. The van der Waals surface area contributed by atoms with Crippen LogP contribution in [0, 0.1) is 16.7 Å². The molecule has 0 aromatic carbocycles. The first-order valence-electron chi connectivity index (χ1n) is 12.6. The van der Waals surface area contributed by atoms with Gasteiger partial charge in [0.1, 0.15) is 13.2 Å². The average molecular weight is 423 g/mol. The summed E-state index contributed by atoms with van der Waals surface area (Å²) < 4.78 is 12.2. The van der Waals surface area contributed by atoms with Gasteiger partial charge in [-0.2, -0.15) is 0 Å². The molecule has 0 spiro atoms. The van der Waals surface area contributed by atoms with Gasteiger partial charge < -0.3 is 9.47 Å². The number of unbranched alkanes of at least 4 members (excludes halogenated alkanes) is 1. The van der Waals surface area contributed by atoms with Gasteiger partial charge in [0.2, 0.25) is 0 Å². The largest absolute Gasteiger partial charge is 0.373 e. The normalized spacial score (nSPS) is 20.9. The quantitative estimate of drug-likeness (QED) is 0.330. The molecule has 30 heavy (non-hydrogen) atoms. The van der Waals surface area contributed by atoms with Crippen molar-refractivity contribution in [2.45, 2.75) is 111 Å². The number of ketones is 2. The lowest BCUT2D eigenvalue weighted by molar-refractivity contribution is -0.145. The van der Waals surface area contributed by atoms with Gasteiger partial charge in [0, 0.05) is 23.7 Å². The minimum atomic E-state index is 0.0935. The summed E-state index contributed by atoms with van der Waals surface area (Å²) in [6, 6.07) is 0. The highest BCUT2D eigenvalue weighted by Crippen LogP contribution is 2.57. The number of hydrogen-bond donors (Lipinski definition) is 0. The van der Waals surface area contributed by atoms with Crippen molar-refractivity contribution in [3.63, 3.8) is 0 Å². The molecule has 2 aliphatic rings. The van der Waals surface area contributed by atoms with E-state index in [0.717, 1.165) is 12.8 Å². The minimum absolute atomic E-state index is 0.0935. The van der Waals surface area contributed by atoms with E-state index in [4.69, 9.17) is 9.47 Å². The zero-order chi connectivity index (χ0) is 21.9. The van der Waals surface area contributed by atoms with E-state index >= 15 is 0 Å². The van der Waals surface area contributed by atoms with Crippen LogP contribution < -0.4 is 0 Å². The van der Waals surface area contributed by atoms with Gasteiger partial charge in [0.05, 0.1) is 13.2 Å². The zero-order valence-electron chi connectivity index (χ0n) is 19.9. The smallest absolute Gasteiger partial charge is 0.158 e. The van der Waals surface area contributed by atoms with Crippen LogP contribution in [0.4, 0.5) is 0 Å². The summed E-state index contributed by atoms with van der Waals surface area (Å²) in [5, 5.41) is 0. The first-order valence-corrected chi connectivity index (χ1v) is 12.6. The van der Waals surface area contributed by atoms with Gasteiger partial charge in [-0.25, -0.2) is 0 Å². The van der Waals surface area contributed by atoms with E-state index < -0.39 is 0 Å². The Kier molecular flexibility index (Phi) is 11.0. The van der Waals surface area contributed by atoms with E-state index in [2.05, 4.69) is 20.8 Å². The second kappa shape index (κ2) is 13.0. The molecule has 0 bridgehead atoms. The third kappa shape index (κ3) is 7.44. The van der Waals surface area contributed by atoms with Crippen molar-refractivity contribution < 1.29 is 19.1 Å². The van der Waals surface area contributed by atoms with Gasteiger partial charge in [-0.1, -0.05) is 65.7 Å². The number of Topliss-reactive ketones (excluding diaryl/α,β-unsaturated/α-hetero) is 2. The summed E-state index contributed by atoms with van der Waals surface area (Å²) in [7, 11) is 0. The lowest BCUT2D eigenvalue weighted by Gasteiger charge is -2.54. The Labute approximate surface area is 184 Å². The van der Waals surface area contributed by atoms with Crippen molar-refractivity contribution in [3.05, 3.63) is 0 Å². The van der Waals surface area contributed by atoms with E-state index in [9.17, 15) is 9.59 Å². The summed E-state index contributed by atoms with van der Waals surface area (Å²) >= 11 is 0. The molecule has 0 unspecified atom stereocenters. The fourth-order valence-electron chi connectivity index (χ4n) is 5.79. The molecule has 0 aliphatic heterocycles. The molecule has 0 heterocycles. The van der Waals surface area contributed by atoms with Crippen molar-refractivity contribution in [1.29, 1.82) is 0 Å². The first kappa shape index (κ1) is 25.5. The third-order valence-electron chi connectivity index (χ3n) is 7.47. The number of carbonyl (C=O) groups is 2. The van der Waals surface area contributed by atoms with E-state index in [1.165, 1.54) is 64.2 Å². The van der Waals surface area contributed by atoms with Crippen LogP contribution in [-0.2, 0) is 19.1 Å². The molecule has 174 valence electrons. The molecule has 4 nitrogen and oxygen atoms in total. The molecule has 0 aromatic heterocycles. The predicted molar refractivity (Wildman–Crippen MR) is 122 cm³/mol. The molecule has 0 aromatic rings. The van der Waals surface area contributed by atoms with Crippen molar-refractivity contribution in [2.75, 3.05) is 26.4 Å². The molecule has 0 atom stereocenters. The SMILES string of the molecule is CCCCC(=O)COCC1(C2(COCC(=O)CC(C)C)CCCCC2)CCCCC1. The van der Waals surface area contributed by atoms with Crippen molar-refractivity contribution >= 4 is 11.6 Å². The highest BCUT2D eigenvalue weighted by atomic mass is 16.5. The summed E-state index contributed by atoms with van der Waals surface area (Å²) in [5.74, 6) is 0.829. The lowest BCUT2D eigenvalue weighted by atomic mass is 9.53. The Morgan fingerprint density at radius 1 is 0.767 bits per heavy atom. The lowest BCUT2D eigenvalue weighted by Crippen LogP contribution is -2.51. The van der Waals surface area contributed by atoms with Crippen LogP contribution in [0.1, 0.15) is 111 Å². The summed E-state index contributed by atoms with van der Waals surface area (Å²) in [5.41, 5.74) is 0.189. The molecular formula is C26H46O4. The fourth-order valence-corrected chi connectivity index (χ4v) is 5.79. The summed E-state index contributed by atoms with van der Waals surface area (Å²) in [6.45, 7) is 8.12. The molecule has 0 N–H and O–H groups in total. The number of ether oxygens (including phenoxy) is 2. The zero-order valence-corrected chi connectivity index (χ0v) is 19.9. The van der Waals surface area contributed by atoms with Crippen LogP contribution >= 0.6 is 0 Å². The highest BCUT2D eigenvalue weighted by Gasteiger charge is 2.51. The van der Waals surface area contributed by atoms with Crippen LogP contribution in [0.5, 0.6) is 0 Å². The van der Waals surface area contributed by atoms with Gasteiger partial charge in [0.15, 0.2) is 11.6 Å². The predicted octanol–water partition coefficient (Wildman–Crippen LogP) is 6.30. The molecular weight excluding hydrogens is 376 g/mol. The van der Waals surface area contributed by atoms with Gasteiger partial charge in [-0.3, -0.25) is 9.59 Å². The van der Waals surface area contributed by atoms with Gasteiger partial charge >= 0.3 is 0 Å². The molecule has 0 amide bonds. The maximum atomic E-state index is 12.2. The average Bonchev–Trinajstić information content (AvgIpc) is 2.73. The van der Waals surface area contributed by atoms with Crippen molar-refractivity contribution in [1.82, 2.24) is 0 Å². The fraction of sp³-hybridized carbons (Fsp3) is 0.923. The molecule has 2 rings (SSSR count). The van der Waals surface area contributed by atoms with Crippen LogP contribution in [0.25, 0.3) is 0 Å². The maximum Gasteiger partial charge on any atom is 0.158 e. The van der Waals surface area contributed by atoms with Crippen LogP contribution in [0.3, 0.4) is 0 Å². The highest BCUT2D eigenvalue weighted by molar-refractivity contribution is 5.80. The Morgan fingerprint density at radius 2 is 1.23 bits per heavy atom. The molecule has 2 aliphatic carbocycles. The second-order valence-electron chi connectivity index (χ2n) is 10.4. The van der Waals surface area contributed by atoms with E-state index in [1.807, 2.05) is 0 Å². The number of hydrogen-bond acceptors (Lipinski definition) is 4. The Hall–Kier alpha value is -0.740. The standard InChI is InChI=1S/C26H46O4/c1-4-5-12-23(27)18-29-20-25(13-8-6-9-14-25)26(15-10-7-11-16-26)21-30-19-24(28)17-22(2)3/h22H,4-21H2,1-3H3. The summed E-state index contributed by atoms with van der Waals surface area (Å²) in [6.07, 6.45) is 15.4. The van der Waals surface area contributed by atoms with E-state index in [1.54, 1.807) is 0 Å². The summed E-state index contributed by atoms with van der Waals surface area (Å²) in [4.78, 5) is 24.4. The van der Waals surface area contributed by atoms with E-state index in [0.29, 0.717) is 32.0 Å². The van der Waals surface area contributed by atoms with Gasteiger partial charge in [-0.15, -0.1) is 0 Å². The van der Waals surface area contributed by atoms with Crippen LogP contribution in [0.2, 0.25) is 0 Å². The Bertz CT molecular complexity index is 513. The van der Waals surface area contributed by atoms with Gasteiger partial charge in [0.25, 0.3) is 0 Å². The van der Waals surface area contributed by atoms with Crippen molar-refractivity contribution in [3.8, 4) is 0 Å². The van der Waals surface area contributed by atoms with Gasteiger partial charge in [-0.05, 0) is 38.0 Å². The van der Waals surface area contributed by atoms with Crippen molar-refractivity contribution in [2.24, 2.45) is 16.7 Å². The van der Waals surface area contributed by atoms with E-state index in [-0.39, 0.29) is 35.6 Å². The molecule has 2 saturated carbocycles. The first-order chi connectivity index (χ1) is 14.4. The minimum Gasteiger partial charge on any atom is -0.373 e. The number of rotatable bonds is 14. The number of carbonyl (C=O) groups excluding carboxylic acids is 2. The van der Waals surface area contributed by atoms with Crippen LogP contribution in [0.15, 0.2) is 0 Å². The third-order valence-corrected chi connectivity index (χ3v) is 7.47. The molecule has 0 saturated heterocycles. The topological polar surface area (TPSA) is 52.6 Å². The Morgan fingerprint density at radius 3 is 1.67 bits per heavy atom. The maximum absolute atomic E-state index is 12.2. The molecule has 2 fully saturated rings. The monoisotopic (exact) mass is 422 g/mol. The molecule has 0 radical (unpaired) electrons. The Balaban J connectivity index is 2.04. The van der Waals surface area contributed by atoms with Crippen LogP contribution in [-0.4, -0.2) is 38.0 Å². The second-order valence-corrected chi connectivity index (χ2v) is 10.4.